The van der Waals surface area contributed by atoms with Crippen LogP contribution in [-0.2, 0) is 9.53 Å². The van der Waals surface area contributed by atoms with Gasteiger partial charge in [0.25, 0.3) is 0 Å². The second kappa shape index (κ2) is 7.92. The number of carbonyl (C=O) groups is 1. The van der Waals surface area contributed by atoms with Gasteiger partial charge in [-0.15, -0.1) is 0 Å². The molecule has 0 unspecified atom stereocenters. The lowest BCUT2D eigenvalue weighted by Crippen LogP contribution is -2.43. The fourth-order valence-electron chi connectivity index (χ4n) is 3.78. The van der Waals surface area contributed by atoms with Crippen LogP contribution in [-0.4, -0.2) is 53.6 Å². The van der Waals surface area contributed by atoms with Crippen molar-refractivity contribution >= 4 is 28.4 Å². The van der Waals surface area contributed by atoms with Crippen LogP contribution in [0.25, 0.3) is 16.7 Å². The lowest BCUT2D eigenvalue weighted by atomic mass is 9.97. The number of carbonyl (C=O) groups excluding carboxylic acids is 1. The van der Waals surface area contributed by atoms with Crippen LogP contribution >= 0.6 is 0 Å². The van der Waals surface area contributed by atoms with Crippen molar-refractivity contribution < 1.29 is 9.53 Å². The summed E-state index contributed by atoms with van der Waals surface area (Å²) in [5, 5.41) is 3.04. The molecule has 7 heteroatoms. The number of piperidine rings is 1. The number of anilines is 1. The molecule has 0 aromatic carbocycles. The Labute approximate surface area is 158 Å². The lowest BCUT2D eigenvalue weighted by Gasteiger charge is -2.33. The van der Waals surface area contributed by atoms with Gasteiger partial charge in [0.1, 0.15) is 0 Å². The molecule has 7 nitrogen and oxygen atoms in total. The van der Waals surface area contributed by atoms with Gasteiger partial charge in [0.05, 0.1) is 17.0 Å². The van der Waals surface area contributed by atoms with E-state index >= 15 is 0 Å². The number of hydrogen-bond acceptors (Lipinski definition) is 5. The quantitative estimate of drug-likeness (QED) is 0.677. The minimum absolute atomic E-state index is 0.0162. The number of hydrogen-bond donors (Lipinski definition) is 1. The first-order valence-electron chi connectivity index (χ1n) is 9.51. The Morgan fingerprint density at radius 2 is 2.22 bits per heavy atom. The number of aromatic nitrogens is 3. The summed E-state index contributed by atoms with van der Waals surface area (Å²) in [5.41, 5.74) is 2.77. The number of amides is 1. The van der Waals surface area contributed by atoms with Gasteiger partial charge in [0.15, 0.2) is 11.5 Å². The monoisotopic (exact) mass is 367 g/mol. The summed E-state index contributed by atoms with van der Waals surface area (Å²) in [6.07, 6.45) is 6.53. The SMILES string of the molecule is COCCCNC(=O)[C@H]1CCCN(c2nc3ncccc3n3cccc23)C1. The lowest BCUT2D eigenvalue weighted by molar-refractivity contribution is -0.125. The van der Waals surface area contributed by atoms with E-state index in [0.717, 1.165) is 48.3 Å². The van der Waals surface area contributed by atoms with E-state index in [4.69, 9.17) is 9.72 Å². The van der Waals surface area contributed by atoms with Crippen LogP contribution in [0, 0.1) is 5.92 Å². The van der Waals surface area contributed by atoms with Crippen LogP contribution in [0.15, 0.2) is 36.7 Å². The second-order valence-corrected chi connectivity index (χ2v) is 6.97. The molecule has 1 saturated heterocycles. The molecular weight excluding hydrogens is 342 g/mol. The minimum Gasteiger partial charge on any atom is -0.385 e. The predicted molar refractivity (Wildman–Crippen MR) is 105 cm³/mol. The number of nitrogens with zero attached hydrogens (tertiary/aromatic N) is 4. The van der Waals surface area contributed by atoms with Gasteiger partial charge in [-0.3, -0.25) is 4.79 Å². The number of methoxy groups -OCH3 is 1. The minimum atomic E-state index is -0.0162. The van der Waals surface area contributed by atoms with E-state index < -0.39 is 0 Å². The third kappa shape index (κ3) is 3.60. The standard InChI is InChI=1S/C20H25N5O2/c1-27-13-5-10-22-20(26)15-6-3-11-24(14-15)19-17-8-4-12-25(17)16-7-2-9-21-18(16)23-19/h2,4,7-9,12,15H,3,5-6,10-11,13-14H2,1H3,(H,22,26)/t15-/m0/s1. The van der Waals surface area contributed by atoms with Crippen molar-refractivity contribution in [3.05, 3.63) is 36.7 Å². The number of nitrogens with one attached hydrogen (secondary N) is 1. The van der Waals surface area contributed by atoms with E-state index in [2.05, 4.69) is 25.7 Å². The average Bonchev–Trinajstić information content (AvgIpc) is 3.21. The topological polar surface area (TPSA) is 71.8 Å². The van der Waals surface area contributed by atoms with Crippen LogP contribution in [0.4, 0.5) is 5.82 Å². The number of fused-ring (bicyclic) bond motifs is 3. The third-order valence-corrected chi connectivity index (χ3v) is 5.13. The Morgan fingerprint density at radius 1 is 1.33 bits per heavy atom. The van der Waals surface area contributed by atoms with Gasteiger partial charge in [0.2, 0.25) is 5.91 Å². The van der Waals surface area contributed by atoms with Gasteiger partial charge < -0.3 is 19.4 Å². The summed E-state index contributed by atoms with van der Waals surface area (Å²) in [6, 6.07) is 8.05. The van der Waals surface area contributed by atoms with Gasteiger partial charge in [-0.2, -0.15) is 0 Å². The van der Waals surface area contributed by atoms with E-state index in [1.165, 1.54) is 0 Å². The summed E-state index contributed by atoms with van der Waals surface area (Å²) in [4.78, 5) is 24.0. The normalized spacial score (nSPS) is 17.5. The van der Waals surface area contributed by atoms with Crippen molar-refractivity contribution in [3.63, 3.8) is 0 Å². The fourth-order valence-corrected chi connectivity index (χ4v) is 3.78. The number of rotatable bonds is 6. The molecule has 4 heterocycles. The van der Waals surface area contributed by atoms with E-state index in [9.17, 15) is 4.79 Å². The molecule has 1 aliphatic rings. The maximum absolute atomic E-state index is 12.5. The Hall–Kier alpha value is -2.67. The molecule has 0 aliphatic carbocycles. The number of ether oxygens (including phenoxy) is 1. The molecule has 142 valence electrons. The molecule has 0 saturated carbocycles. The first kappa shape index (κ1) is 17.7. The Kier molecular flexibility index (Phi) is 5.20. The maximum atomic E-state index is 12.5. The summed E-state index contributed by atoms with van der Waals surface area (Å²) in [6.45, 7) is 2.91. The van der Waals surface area contributed by atoms with Crippen molar-refractivity contribution in [1.29, 1.82) is 0 Å². The third-order valence-electron chi connectivity index (χ3n) is 5.13. The summed E-state index contributed by atoms with van der Waals surface area (Å²) in [5.74, 6) is 1.02. The first-order chi connectivity index (χ1) is 13.3. The molecule has 1 fully saturated rings. The zero-order valence-corrected chi connectivity index (χ0v) is 15.6. The van der Waals surface area contributed by atoms with Crippen LogP contribution in [0.5, 0.6) is 0 Å². The van der Waals surface area contributed by atoms with Crippen molar-refractivity contribution in [3.8, 4) is 0 Å². The van der Waals surface area contributed by atoms with E-state index in [0.29, 0.717) is 19.7 Å². The van der Waals surface area contributed by atoms with E-state index in [-0.39, 0.29) is 11.8 Å². The smallest absolute Gasteiger partial charge is 0.224 e. The highest BCUT2D eigenvalue weighted by Crippen LogP contribution is 2.28. The summed E-state index contributed by atoms with van der Waals surface area (Å²) >= 11 is 0. The van der Waals surface area contributed by atoms with Gasteiger partial charge in [-0.25, -0.2) is 9.97 Å². The fraction of sp³-hybridized carbons (Fsp3) is 0.450. The predicted octanol–water partition coefficient (Wildman–Crippen LogP) is 2.25. The molecule has 3 aromatic rings. The molecule has 1 atom stereocenters. The molecule has 4 rings (SSSR count). The zero-order chi connectivity index (χ0) is 18.6. The molecule has 3 aromatic heterocycles. The maximum Gasteiger partial charge on any atom is 0.224 e. The van der Waals surface area contributed by atoms with Crippen molar-refractivity contribution in [2.75, 3.05) is 38.3 Å². The molecular formula is C20H25N5O2. The molecule has 27 heavy (non-hydrogen) atoms. The van der Waals surface area contributed by atoms with Crippen LogP contribution in [0.3, 0.4) is 0 Å². The second-order valence-electron chi connectivity index (χ2n) is 6.97. The highest BCUT2D eigenvalue weighted by molar-refractivity contribution is 5.84. The Balaban J connectivity index is 1.56. The average molecular weight is 367 g/mol. The van der Waals surface area contributed by atoms with E-state index in [1.54, 1.807) is 13.3 Å². The zero-order valence-electron chi connectivity index (χ0n) is 15.6. The largest absolute Gasteiger partial charge is 0.385 e. The summed E-state index contributed by atoms with van der Waals surface area (Å²) < 4.78 is 7.16. The number of pyridine rings is 1. The Morgan fingerprint density at radius 3 is 3.11 bits per heavy atom. The molecule has 1 N–H and O–H groups in total. The van der Waals surface area contributed by atoms with Gasteiger partial charge >= 0.3 is 0 Å². The van der Waals surface area contributed by atoms with E-state index in [1.807, 2.05) is 24.4 Å². The van der Waals surface area contributed by atoms with Crippen molar-refractivity contribution in [1.82, 2.24) is 19.7 Å². The molecule has 1 aliphatic heterocycles. The first-order valence-corrected chi connectivity index (χ1v) is 9.51. The van der Waals surface area contributed by atoms with Crippen LogP contribution in [0.2, 0.25) is 0 Å². The highest BCUT2D eigenvalue weighted by Gasteiger charge is 2.27. The van der Waals surface area contributed by atoms with Gasteiger partial charge in [-0.05, 0) is 43.5 Å². The van der Waals surface area contributed by atoms with Gasteiger partial charge in [-0.1, -0.05) is 0 Å². The van der Waals surface area contributed by atoms with Crippen molar-refractivity contribution in [2.24, 2.45) is 5.92 Å². The van der Waals surface area contributed by atoms with Crippen LogP contribution < -0.4 is 10.2 Å². The Bertz CT molecular complexity index is 938. The molecule has 0 radical (unpaired) electrons. The highest BCUT2D eigenvalue weighted by atomic mass is 16.5. The molecule has 1 amide bonds. The van der Waals surface area contributed by atoms with Crippen LogP contribution in [0.1, 0.15) is 19.3 Å². The molecule has 0 bridgehead atoms. The van der Waals surface area contributed by atoms with Crippen molar-refractivity contribution in [2.45, 2.75) is 19.3 Å². The summed E-state index contributed by atoms with van der Waals surface area (Å²) in [7, 11) is 1.68. The molecule has 0 spiro atoms. The van der Waals surface area contributed by atoms with Gasteiger partial charge in [0, 0.05) is 45.7 Å².